The highest BCUT2D eigenvalue weighted by molar-refractivity contribution is 5.94. The third-order valence-corrected chi connectivity index (χ3v) is 2.12. The van der Waals surface area contributed by atoms with Crippen molar-refractivity contribution in [2.24, 2.45) is 5.73 Å². The second-order valence-electron chi connectivity index (χ2n) is 3.32. The van der Waals surface area contributed by atoms with Crippen LogP contribution in [0.15, 0.2) is 6.20 Å². The van der Waals surface area contributed by atoms with Crippen molar-refractivity contribution in [1.82, 2.24) is 4.98 Å². The third-order valence-electron chi connectivity index (χ3n) is 2.12. The molecule has 1 rings (SSSR count). The largest absolute Gasteiger partial charge is 0.573 e. The van der Waals surface area contributed by atoms with Crippen molar-refractivity contribution in [1.29, 1.82) is 0 Å². The van der Waals surface area contributed by atoms with E-state index in [4.69, 9.17) is 5.73 Å². The van der Waals surface area contributed by atoms with E-state index in [2.05, 4.69) is 14.5 Å². The molecule has 0 aromatic carbocycles. The van der Waals surface area contributed by atoms with Crippen LogP contribution in [0.1, 0.15) is 21.6 Å². The molecule has 0 aliphatic rings. The molecule has 0 spiro atoms. The van der Waals surface area contributed by atoms with E-state index >= 15 is 0 Å². The summed E-state index contributed by atoms with van der Waals surface area (Å²) in [4.78, 5) is 15.2. The number of hydrogen-bond acceptors (Lipinski definition) is 5. The van der Waals surface area contributed by atoms with Crippen molar-refractivity contribution in [3.63, 3.8) is 0 Å². The number of ether oxygens (including phenoxy) is 2. The maximum Gasteiger partial charge on any atom is 0.573 e. The van der Waals surface area contributed by atoms with Gasteiger partial charge in [-0.05, 0) is 6.92 Å². The summed E-state index contributed by atoms with van der Waals surface area (Å²) in [5.41, 5.74) is 5.02. The first kappa shape index (κ1) is 14.2. The van der Waals surface area contributed by atoms with Gasteiger partial charge in [0.15, 0.2) is 5.75 Å². The Labute approximate surface area is 101 Å². The van der Waals surface area contributed by atoms with Crippen LogP contribution in [0.2, 0.25) is 0 Å². The second-order valence-corrected chi connectivity index (χ2v) is 3.32. The van der Waals surface area contributed by atoms with Gasteiger partial charge in [0, 0.05) is 18.3 Å². The summed E-state index contributed by atoms with van der Waals surface area (Å²) in [5, 5.41) is 0. The molecule has 1 heterocycles. The number of aryl methyl sites for hydroxylation is 1. The lowest BCUT2D eigenvalue weighted by atomic mass is 10.1. The van der Waals surface area contributed by atoms with Crippen LogP contribution in [0.4, 0.5) is 13.2 Å². The normalized spacial score (nSPS) is 11.2. The molecule has 0 unspecified atom stereocenters. The van der Waals surface area contributed by atoms with Gasteiger partial charge in [0.25, 0.3) is 0 Å². The Hall–Kier alpha value is -1.83. The molecule has 18 heavy (non-hydrogen) atoms. The van der Waals surface area contributed by atoms with Crippen molar-refractivity contribution >= 4 is 5.97 Å². The molecule has 5 nitrogen and oxygen atoms in total. The molecule has 100 valence electrons. The maximum atomic E-state index is 12.3. The maximum absolute atomic E-state index is 12.3. The number of methoxy groups -OCH3 is 1. The van der Waals surface area contributed by atoms with E-state index in [1.54, 1.807) is 0 Å². The number of carbonyl (C=O) groups excluding carboxylic acids is 1. The van der Waals surface area contributed by atoms with E-state index in [1.807, 2.05) is 0 Å². The van der Waals surface area contributed by atoms with Crippen LogP contribution in [-0.2, 0) is 11.3 Å². The van der Waals surface area contributed by atoms with E-state index in [9.17, 15) is 18.0 Å². The number of pyridine rings is 1. The van der Waals surface area contributed by atoms with Crippen LogP contribution in [0.5, 0.6) is 5.75 Å². The SMILES string of the molecule is COC(=O)c1c(CN)cnc(C)c1OC(F)(F)F. The Morgan fingerprint density at radius 2 is 2.11 bits per heavy atom. The predicted molar refractivity (Wildman–Crippen MR) is 54.9 cm³/mol. The van der Waals surface area contributed by atoms with Gasteiger partial charge in [-0.15, -0.1) is 13.2 Å². The molecule has 0 aliphatic heterocycles. The van der Waals surface area contributed by atoms with Gasteiger partial charge >= 0.3 is 12.3 Å². The first-order chi connectivity index (χ1) is 8.30. The molecular weight excluding hydrogens is 253 g/mol. The average Bonchev–Trinajstić information content (AvgIpc) is 2.29. The summed E-state index contributed by atoms with van der Waals surface area (Å²) in [6.45, 7) is 1.12. The summed E-state index contributed by atoms with van der Waals surface area (Å²) < 4.78 is 45.0. The van der Waals surface area contributed by atoms with Gasteiger partial charge in [0.05, 0.1) is 12.8 Å². The highest BCUT2D eigenvalue weighted by Gasteiger charge is 2.35. The van der Waals surface area contributed by atoms with Crippen LogP contribution in [-0.4, -0.2) is 24.4 Å². The monoisotopic (exact) mass is 264 g/mol. The Morgan fingerprint density at radius 1 is 1.50 bits per heavy atom. The summed E-state index contributed by atoms with van der Waals surface area (Å²) in [5.74, 6) is -1.64. The number of alkyl halides is 3. The molecule has 1 aromatic rings. The Balaban J connectivity index is 3.41. The standard InChI is InChI=1S/C10H11F3N2O3/c1-5-8(18-10(11,12)13)7(9(16)17-2)6(3-14)4-15-5/h4H,3,14H2,1-2H3. The van der Waals surface area contributed by atoms with Crippen LogP contribution in [0.3, 0.4) is 0 Å². The fraction of sp³-hybridized carbons (Fsp3) is 0.400. The molecule has 1 aromatic heterocycles. The van der Waals surface area contributed by atoms with Gasteiger partial charge in [0.1, 0.15) is 5.56 Å². The zero-order chi connectivity index (χ0) is 13.9. The number of nitrogens with two attached hydrogens (primary N) is 1. The van der Waals surface area contributed by atoms with Crippen molar-refractivity contribution < 1.29 is 27.4 Å². The summed E-state index contributed by atoms with van der Waals surface area (Å²) in [6, 6.07) is 0. The number of hydrogen-bond donors (Lipinski definition) is 1. The molecule has 0 bridgehead atoms. The van der Waals surface area contributed by atoms with Crippen molar-refractivity contribution in [3.05, 3.63) is 23.0 Å². The van der Waals surface area contributed by atoms with E-state index in [0.717, 1.165) is 7.11 Å². The lowest BCUT2D eigenvalue weighted by Crippen LogP contribution is -2.22. The van der Waals surface area contributed by atoms with Crippen LogP contribution in [0, 0.1) is 6.92 Å². The van der Waals surface area contributed by atoms with Crippen molar-refractivity contribution in [2.75, 3.05) is 7.11 Å². The number of halogens is 3. The molecule has 0 fully saturated rings. The van der Waals surface area contributed by atoms with Gasteiger partial charge < -0.3 is 15.2 Å². The van der Waals surface area contributed by atoms with Gasteiger partial charge in [-0.2, -0.15) is 0 Å². The quantitative estimate of drug-likeness (QED) is 0.838. The zero-order valence-corrected chi connectivity index (χ0v) is 9.67. The summed E-state index contributed by atoms with van der Waals surface area (Å²) >= 11 is 0. The first-order valence-corrected chi connectivity index (χ1v) is 4.82. The lowest BCUT2D eigenvalue weighted by molar-refractivity contribution is -0.275. The summed E-state index contributed by atoms with van der Waals surface area (Å²) in [6.07, 6.45) is -3.72. The minimum atomic E-state index is -4.93. The highest BCUT2D eigenvalue weighted by atomic mass is 19.4. The predicted octanol–water partition coefficient (Wildman–Crippen LogP) is 1.53. The Bertz CT molecular complexity index is 460. The van der Waals surface area contributed by atoms with Crippen molar-refractivity contribution in [3.8, 4) is 5.75 Å². The molecule has 0 saturated heterocycles. The average molecular weight is 264 g/mol. The smallest absolute Gasteiger partial charge is 0.465 e. The highest BCUT2D eigenvalue weighted by Crippen LogP contribution is 2.31. The number of aromatic nitrogens is 1. The molecule has 0 aliphatic carbocycles. The number of carbonyl (C=O) groups is 1. The topological polar surface area (TPSA) is 74.4 Å². The zero-order valence-electron chi connectivity index (χ0n) is 9.67. The van der Waals surface area contributed by atoms with Gasteiger partial charge in [-0.3, -0.25) is 4.98 Å². The number of rotatable bonds is 3. The Morgan fingerprint density at radius 3 is 2.56 bits per heavy atom. The molecule has 0 saturated carbocycles. The Kier molecular flexibility index (Phi) is 4.12. The van der Waals surface area contributed by atoms with E-state index < -0.39 is 18.1 Å². The molecule has 8 heteroatoms. The van der Waals surface area contributed by atoms with Crippen molar-refractivity contribution in [2.45, 2.75) is 19.8 Å². The van der Waals surface area contributed by atoms with Gasteiger partial charge in [-0.1, -0.05) is 0 Å². The summed E-state index contributed by atoms with van der Waals surface area (Å²) in [7, 11) is 1.05. The number of nitrogens with zero attached hydrogens (tertiary/aromatic N) is 1. The molecule has 0 amide bonds. The lowest BCUT2D eigenvalue weighted by Gasteiger charge is -2.16. The molecule has 0 atom stereocenters. The fourth-order valence-corrected chi connectivity index (χ4v) is 1.35. The molecule has 2 N–H and O–H groups in total. The fourth-order valence-electron chi connectivity index (χ4n) is 1.35. The van der Waals surface area contributed by atoms with E-state index in [0.29, 0.717) is 0 Å². The molecule has 0 radical (unpaired) electrons. The van der Waals surface area contributed by atoms with Gasteiger partial charge in [-0.25, -0.2) is 4.79 Å². The van der Waals surface area contributed by atoms with Crippen LogP contribution >= 0.6 is 0 Å². The number of esters is 1. The minimum Gasteiger partial charge on any atom is -0.465 e. The van der Waals surface area contributed by atoms with Gasteiger partial charge in [0.2, 0.25) is 0 Å². The van der Waals surface area contributed by atoms with E-state index in [-0.39, 0.29) is 23.4 Å². The van der Waals surface area contributed by atoms with Crippen LogP contribution in [0.25, 0.3) is 0 Å². The van der Waals surface area contributed by atoms with Crippen LogP contribution < -0.4 is 10.5 Å². The first-order valence-electron chi connectivity index (χ1n) is 4.82. The molecular formula is C10H11F3N2O3. The minimum absolute atomic E-state index is 0.0788. The van der Waals surface area contributed by atoms with E-state index in [1.165, 1.54) is 13.1 Å². The third kappa shape index (κ3) is 3.10. The second kappa shape index (κ2) is 5.21.